The van der Waals surface area contributed by atoms with Crippen molar-refractivity contribution in [3.05, 3.63) is 65.9 Å². The van der Waals surface area contributed by atoms with E-state index in [2.05, 4.69) is 15.3 Å². The van der Waals surface area contributed by atoms with Crippen LogP contribution in [0, 0.1) is 6.92 Å². The van der Waals surface area contributed by atoms with Gasteiger partial charge in [0.05, 0.1) is 22.8 Å². The van der Waals surface area contributed by atoms with Crippen LogP contribution >= 0.6 is 0 Å². The molecule has 4 heteroatoms. The van der Waals surface area contributed by atoms with Crippen LogP contribution in [-0.4, -0.2) is 21.6 Å². The lowest BCUT2D eigenvalue weighted by molar-refractivity contribution is 0.191. The molecule has 0 aliphatic carbocycles. The third-order valence-corrected chi connectivity index (χ3v) is 3.39. The number of hydrogen-bond donors (Lipinski definition) is 2. The minimum Gasteiger partial charge on any atom is -0.387 e. The first-order valence-corrected chi connectivity index (χ1v) is 6.94. The molecule has 2 aromatic carbocycles. The number of benzene rings is 2. The molecule has 0 saturated heterocycles. The highest BCUT2D eigenvalue weighted by Crippen LogP contribution is 2.18. The summed E-state index contributed by atoms with van der Waals surface area (Å²) in [6.45, 7) is 2.31. The summed E-state index contributed by atoms with van der Waals surface area (Å²) in [6, 6.07) is 17.3. The van der Waals surface area contributed by atoms with Crippen LogP contribution < -0.4 is 5.32 Å². The van der Waals surface area contributed by atoms with Crippen LogP contribution in [0.2, 0.25) is 0 Å². The molecule has 21 heavy (non-hydrogen) atoms. The summed E-state index contributed by atoms with van der Waals surface area (Å²) in [5.74, 6) is 0.712. The highest BCUT2D eigenvalue weighted by Gasteiger charge is 2.09. The van der Waals surface area contributed by atoms with Crippen molar-refractivity contribution < 1.29 is 5.11 Å². The highest BCUT2D eigenvalue weighted by molar-refractivity contribution is 5.76. The molecule has 1 atom stereocenters. The van der Waals surface area contributed by atoms with Gasteiger partial charge in [-0.1, -0.05) is 42.5 Å². The highest BCUT2D eigenvalue weighted by atomic mass is 16.3. The number of nitrogens with one attached hydrogen (secondary N) is 1. The van der Waals surface area contributed by atoms with Crippen molar-refractivity contribution in [1.29, 1.82) is 0 Å². The molecule has 1 heterocycles. The first-order chi connectivity index (χ1) is 10.2. The number of nitrogens with zero attached hydrogens (tertiary/aromatic N) is 2. The molecule has 0 aliphatic heterocycles. The molecule has 3 aromatic rings. The lowest BCUT2D eigenvalue weighted by Crippen LogP contribution is -2.14. The average Bonchev–Trinajstić information content (AvgIpc) is 2.53. The molecule has 0 radical (unpaired) electrons. The zero-order chi connectivity index (χ0) is 14.7. The van der Waals surface area contributed by atoms with Gasteiger partial charge in [-0.25, -0.2) is 9.97 Å². The van der Waals surface area contributed by atoms with Gasteiger partial charge < -0.3 is 10.4 Å². The molecule has 0 bridgehead atoms. The smallest absolute Gasteiger partial charge is 0.148 e. The summed E-state index contributed by atoms with van der Waals surface area (Å²) in [6.07, 6.45) is -0.570. The van der Waals surface area contributed by atoms with E-state index in [9.17, 15) is 5.11 Å². The van der Waals surface area contributed by atoms with Crippen LogP contribution in [0.5, 0.6) is 0 Å². The predicted molar refractivity (Wildman–Crippen MR) is 84.2 cm³/mol. The fourth-order valence-electron chi connectivity index (χ4n) is 2.24. The minimum atomic E-state index is -0.570. The SMILES string of the molecule is Cc1nc2ccccc2nc1NCC(O)c1ccccc1. The van der Waals surface area contributed by atoms with Crippen molar-refractivity contribution in [3.63, 3.8) is 0 Å². The Labute approximate surface area is 123 Å². The monoisotopic (exact) mass is 279 g/mol. The molecule has 4 nitrogen and oxygen atoms in total. The van der Waals surface area contributed by atoms with Crippen molar-refractivity contribution in [2.24, 2.45) is 0 Å². The Kier molecular flexibility index (Phi) is 3.79. The number of anilines is 1. The van der Waals surface area contributed by atoms with Crippen LogP contribution in [0.3, 0.4) is 0 Å². The second-order valence-corrected chi connectivity index (χ2v) is 4.95. The van der Waals surface area contributed by atoms with Gasteiger partial charge in [0.15, 0.2) is 0 Å². The molecule has 2 N–H and O–H groups in total. The van der Waals surface area contributed by atoms with E-state index in [-0.39, 0.29) is 0 Å². The molecule has 1 unspecified atom stereocenters. The lowest BCUT2D eigenvalue weighted by Gasteiger charge is -2.14. The number of aryl methyl sites for hydroxylation is 1. The number of aliphatic hydroxyl groups excluding tert-OH is 1. The maximum Gasteiger partial charge on any atom is 0.148 e. The predicted octanol–water partition coefficient (Wildman–Crippen LogP) is 3.08. The van der Waals surface area contributed by atoms with E-state index in [0.717, 1.165) is 22.3 Å². The molecule has 0 aliphatic rings. The molecule has 3 rings (SSSR count). The van der Waals surface area contributed by atoms with Crippen molar-refractivity contribution in [2.45, 2.75) is 13.0 Å². The maximum atomic E-state index is 10.2. The molecule has 1 aromatic heterocycles. The Morgan fingerprint density at radius 1 is 0.952 bits per heavy atom. The first kappa shape index (κ1) is 13.5. The molecule has 0 fully saturated rings. The van der Waals surface area contributed by atoms with Crippen LogP contribution in [-0.2, 0) is 0 Å². The molecule has 0 saturated carbocycles. The number of aromatic nitrogens is 2. The van der Waals surface area contributed by atoms with E-state index < -0.39 is 6.10 Å². The van der Waals surface area contributed by atoms with Gasteiger partial charge in [-0.2, -0.15) is 0 Å². The normalized spacial score (nSPS) is 12.3. The fourth-order valence-corrected chi connectivity index (χ4v) is 2.24. The summed E-state index contributed by atoms with van der Waals surface area (Å²) in [7, 11) is 0. The molecular weight excluding hydrogens is 262 g/mol. The van der Waals surface area contributed by atoms with E-state index in [0.29, 0.717) is 12.4 Å². The summed E-state index contributed by atoms with van der Waals surface area (Å²) in [4.78, 5) is 9.08. The van der Waals surface area contributed by atoms with Crippen LogP contribution in [0.4, 0.5) is 5.82 Å². The first-order valence-electron chi connectivity index (χ1n) is 6.94. The maximum absolute atomic E-state index is 10.2. The number of para-hydroxylation sites is 2. The summed E-state index contributed by atoms with van der Waals surface area (Å²) >= 11 is 0. The summed E-state index contributed by atoms with van der Waals surface area (Å²) in [5.41, 5.74) is 3.44. The van der Waals surface area contributed by atoms with Gasteiger partial charge in [0.1, 0.15) is 5.82 Å². The quantitative estimate of drug-likeness (QED) is 0.770. The van der Waals surface area contributed by atoms with Crippen molar-refractivity contribution >= 4 is 16.9 Å². The van der Waals surface area contributed by atoms with Gasteiger partial charge in [-0.05, 0) is 24.6 Å². The van der Waals surface area contributed by atoms with Crippen molar-refractivity contribution in [1.82, 2.24) is 9.97 Å². The third kappa shape index (κ3) is 3.01. The lowest BCUT2D eigenvalue weighted by atomic mass is 10.1. The van der Waals surface area contributed by atoms with E-state index in [1.807, 2.05) is 61.5 Å². The second kappa shape index (κ2) is 5.89. The van der Waals surface area contributed by atoms with Gasteiger partial charge in [-0.3, -0.25) is 0 Å². The van der Waals surface area contributed by atoms with Crippen molar-refractivity contribution in [3.8, 4) is 0 Å². The van der Waals surface area contributed by atoms with Crippen molar-refractivity contribution in [2.75, 3.05) is 11.9 Å². The number of hydrogen-bond acceptors (Lipinski definition) is 4. The molecule has 0 amide bonds. The van der Waals surface area contributed by atoms with E-state index in [1.54, 1.807) is 0 Å². The minimum absolute atomic E-state index is 0.401. The Bertz CT molecular complexity index is 743. The van der Waals surface area contributed by atoms with Gasteiger partial charge in [-0.15, -0.1) is 0 Å². The Morgan fingerprint density at radius 3 is 2.29 bits per heavy atom. The Morgan fingerprint density at radius 2 is 1.57 bits per heavy atom. The van der Waals surface area contributed by atoms with E-state index >= 15 is 0 Å². The third-order valence-electron chi connectivity index (χ3n) is 3.39. The van der Waals surface area contributed by atoms with Gasteiger partial charge in [0.25, 0.3) is 0 Å². The summed E-state index contributed by atoms with van der Waals surface area (Å²) < 4.78 is 0. The fraction of sp³-hybridized carbons (Fsp3) is 0.176. The Hall–Kier alpha value is -2.46. The number of aliphatic hydroxyl groups is 1. The molecule has 106 valence electrons. The van der Waals surface area contributed by atoms with Gasteiger partial charge in [0.2, 0.25) is 0 Å². The van der Waals surface area contributed by atoms with Gasteiger partial charge in [0, 0.05) is 6.54 Å². The number of rotatable bonds is 4. The Balaban J connectivity index is 1.77. The number of fused-ring (bicyclic) bond motifs is 1. The van der Waals surface area contributed by atoms with E-state index in [4.69, 9.17) is 0 Å². The van der Waals surface area contributed by atoms with E-state index in [1.165, 1.54) is 0 Å². The average molecular weight is 279 g/mol. The van der Waals surface area contributed by atoms with Crippen LogP contribution in [0.1, 0.15) is 17.4 Å². The largest absolute Gasteiger partial charge is 0.387 e. The van der Waals surface area contributed by atoms with Gasteiger partial charge >= 0.3 is 0 Å². The topological polar surface area (TPSA) is 58.0 Å². The zero-order valence-corrected chi connectivity index (χ0v) is 11.8. The van der Waals surface area contributed by atoms with Crippen LogP contribution in [0.15, 0.2) is 54.6 Å². The van der Waals surface area contributed by atoms with Crippen LogP contribution in [0.25, 0.3) is 11.0 Å². The summed E-state index contributed by atoms with van der Waals surface area (Å²) in [5, 5.41) is 13.4. The second-order valence-electron chi connectivity index (χ2n) is 4.95. The zero-order valence-electron chi connectivity index (χ0n) is 11.8. The molecular formula is C17H17N3O. The standard InChI is InChI=1S/C17H17N3O/c1-12-17(20-15-10-6-5-9-14(15)19-12)18-11-16(21)13-7-3-2-4-8-13/h2-10,16,21H,11H2,1H3,(H,18,20). The molecule has 0 spiro atoms.